The van der Waals surface area contributed by atoms with Gasteiger partial charge in [-0.05, 0) is 43.9 Å². The van der Waals surface area contributed by atoms with E-state index in [0.29, 0.717) is 18.3 Å². The number of rotatable bonds is 11. The lowest BCUT2D eigenvalue weighted by Crippen LogP contribution is -2.37. The number of benzene rings is 1. The Balaban J connectivity index is 1.69. The number of carbonyl (C=O) groups is 1. The van der Waals surface area contributed by atoms with Gasteiger partial charge in [0.15, 0.2) is 12.6 Å². The molecule has 3 N–H and O–H groups in total. The summed E-state index contributed by atoms with van der Waals surface area (Å²) in [4.78, 5) is 15.9. The number of carbonyl (C=O) groups excluding carboxylic acids is 1. The molecule has 7 nitrogen and oxygen atoms in total. The molecule has 1 amide bonds. The average Bonchev–Trinajstić information content (AvgIpc) is 3.46. The predicted molar refractivity (Wildman–Crippen MR) is 102 cm³/mol. The zero-order valence-electron chi connectivity index (χ0n) is 15.7. The first-order chi connectivity index (χ1) is 12.7. The van der Waals surface area contributed by atoms with Gasteiger partial charge in [0.1, 0.15) is 5.75 Å². The average molecular weight is 362 g/mol. The van der Waals surface area contributed by atoms with E-state index in [4.69, 9.17) is 9.47 Å². The fourth-order valence-corrected chi connectivity index (χ4v) is 2.32. The van der Waals surface area contributed by atoms with Gasteiger partial charge in [-0.3, -0.25) is 9.79 Å². The van der Waals surface area contributed by atoms with Crippen LogP contribution in [0.2, 0.25) is 0 Å². The van der Waals surface area contributed by atoms with Gasteiger partial charge in [0, 0.05) is 39.4 Å². The zero-order valence-corrected chi connectivity index (χ0v) is 15.7. The van der Waals surface area contributed by atoms with Crippen molar-refractivity contribution < 1.29 is 14.3 Å². The van der Waals surface area contributed by atoms with Crippen LogP contribution in [0.3, 0.4) is 0 Å². The van der Waals surface area contributed by atoms with Crippen LogP contribution >= 0.6 is 0 Å². The summed E-state index contributed by atoms with van der Waals surface area (Å²) in [6, 6.07) is 8.07. The van der Waals surface area contributed by atoms with Crippen molar-refractivity contribution in [2.24, 2.45) is 4.99 Å². The predicted octanol–water partition coefficient (Wildman–Crippen LogP) is 1.44. The van der Waals surface area contributed by atoms with E-state index in [0.717, 1.165) is 50.5 Å². The van der Waals surface area contributed by atoms with Crippen molar-refractivity contribution in [3.05, 3.63) is 29.8 Å². The molecule has 0 saturated heterocycles. The van der Waals surface area contributed by atoms with Crippen molar-refractivity contribution in [2.45, 2.75) is 38.8 Å². The van der Waals surface area contributed by atoms with Crippen LogP contribution in [0.25, 0.3) is 0 Å². The first-order valence-electron chi connectivity index (χ1n) is 9.24. The quantitative estimate of drug-likeness (QED) is 0.315. The van der Waals surface area contributed by atoms with Gasteiger partial charge >= 0.3 is 0 Å². The van der Waals surface area contributed by atoms with Gasteiger partial charge in [0.25, 0.3) is 5.91 Å². The lowest BCUT2D eigenvalue weighted by molar-refractivity contribution is -0.123. The summed E-state index contributed by atoms with van der Waals surface area (Å²) in [5, 5.41) is 9.43. The lowest BCUT2D eigenvalue weighted by atomic mass is 10.2. The van der Waals surface area contributed by atoms with Crippen LogP contribution < -0.4 is 20.7 Å². The molecular formula is C19H30N4O3. The third-order valence-corrected chi connectivity index (χ3v) is 3.86. The number of amides is 1. The standard InChI is InChI=1S/C19H30N4O3/c1-3-25-11-5-10-21-19(20-2)22-13-15-6-4-7-17(12-15)26-14-18(24)23-16-8-9-16/h4,6-7,12,16H,3,5,8-11,13-14H2,1-2H3,(H,23,24)(H2,20,21,22). The van der Waals surface area contributed by atoms with Gasteiger partial charge in [-0.2, -0.15) is 0 Å². The second kappa shape index (κ2) is 11.4. The van der Waals surface area contributed by atoms with Crippen molar-refractivity contribution in [3.8, 4) is 5.75 Å². The maximum absolute atomic E-state index is 11.7. The molecule has 0 radical (unpaired) electrons. The first-order valence-corrected chi connectivity index (χ1v) is 9.24. The third-order valence-electron chi connectivity index (χ3n) is 3.86. The van der Waals surface area contributed by atoms with E-state index >= 15 is 0 Å². The third kappa shape index (κ3) is 8.20. The summed E-state index contributed by atoms with van der Waals surface area (Å²) in [6.45, 7) is 4.96. The first kappa shape index (κ1) is 20.0. The molecule has 1 aromatic carbocycles. The van der Waals surface area contributed by atoms with Crippen LogP contribution in [0.4, 0.5) is 0 Å². The van der Waals surface area contributed by atoms with Crippen LogP contribution in [-0.2, 0) is 16.1 Å². The molecule has 1 aliphatic carbocycles. The number of nitrogens with one attached hydrogen (secondary N) is 3. The van der Waals surface area contributed by atoms with E-state index in [1.165, 1.54) is 0 Å². The Kier molecular flexibility index (Phi) is 8.75. The van der Waals surface area contributed by atoms with Gasteiger partial charge in [-0.25, -0.2) is 0 Å². The molecule has 0 spiro atoms. The Hall–Kier alpha value is -2.28. The second-order valence-electron chi connectivity index (χ2n) is 6.18. The number of ether oxygens (including phenoxy) is 2. The number of hydrogen-bond donors (Lipinski definition) is 3. The minimum atomic E-state index is -0.0623. The van der Waals surface area contributed by atoms with E-state index < -0.39 is 0 Å². The fourth-order valence-electron chi connectivity index (χ4n) is 2.32. The Labute approximate surface area is 155 Å². The Morgan fingerprint density at radius 2 is 2.15 bits per heavy atom. The minimum Gasteiger partial charge on any atom is -0.484 e. The summed E-state index contributed by atoms with van der Waals surface area (Å²) in [6.07, 6.45) is 3.09. The summed E-state index contributed by atoms with van der Waals surface area (Å²) < 4.78 is 10.9. The molecule has 1 aliphatic rings. The highest BCUT2D eigenvalue weighted by Crippen LogP contribution is 2.18. The van der Waals surface area contributed by atoms with Crippen LogP contribution in [0.5, 0.6) is 5.75 Å². The number of hydrogen-bond acceptors (Lipinski definition) is 4. The molecule has 0 bridgehead atoms. The van der Waals surface area contributed by atoms with Gasteiger partial charge in [-0.1, -0.05) is 12.1 Å². The largest absolute Gasteiger partial charge is 0.484 e. The van der Waals surface area contributed by atoms with Crippen LogP contribution in [0.1, 0.15) is 31.7 Å². The summed E-state index contributed by atoms with van der Waals surface area (Å²) in [5.41, 5.74) is 1.06. The van der Waals surface area contributed by atoms with E-state index in [1.54, 1.807) is 7.05 Å². The van der Waals surface area contributed by atoms with Crippen LogP contribution in [0.15, 0.2) is 29.3 Å². The van der Waals surface area contributed by atoms with E-state index in [9.17, 15) is 4.79 Å². The molecule has 1 fully saturated rings. The van der Waals surface area contributed by atoms with Gasteiger partial charge in [0.05, 0.1) is 0 Å². The monoisotopic (exact) mass is 362 g/mol. The summed E-state index contributed by atoms with van der Waals surface area (Å²) in [7, 11) is 1.75. The van der Waals surface area contributed by atoms with Crippen LogP contribution in [0, 0.1) is 0 Å². The highest BCUT2D eigenvalue weighted by atomic mass is 16.5. The Morgan fingerprint density at radius 1 is 1.31 bits per heavy atom. The van der Waals surface area contributed by atoms with Crippen molar-refractivity contribution in [1.29, 1.82) is 0 Å². The van der Waals surface area contributed by atoms with Crippen molar-refractivity contribution in [2.75, 3.05) is 33.4 Å². The molecule has 0 unspecified atom stereocenters. The van der Waals surface area contributed by atoms with Crippen molar-refractivity contribution in [3.63, 3.8) is 0 Å². The smallest absolute Gasteiger partial charge is 0.258 e. The maximum atomic E-state index is 11.7. The number of aliphatic imine (C=N–C) groups is 1. The zero-order chi connectivity index (χ0) is 18.6. The molecule has 0 atom stereocenters. The molecule has 1 aromatic rings. The van der Waals surface area contributed by atoms with E-state index in [2.05, 4.69) is 20.9 Å². The Morgan fingerprint density at radius 3 is 2.88 bits per heavy atom. The molecule has 0 aromatic heterocycles. The normalized spacial score (nSPS) is 14.0. The number of nitrogens with zero attached hydrogens (tertiary/aromatic N) is 1. The number of guanidine groups is 1. The highest BCUT2D eigenvalue weighted by molar-refractivity contribution is 5.79. The molecular weight excluding hydrogens is 332 g/mol. The summed E-state index contributed by atoms with van der Waals surface area (Å²) in [5.74, 6) is 1.37. The molecule has 7 heteroatoms. The lowest BCUT2D eigenvalue weighted by Gasteiger charge is -2.13. The van der Waals surface area contributed by atoms with Gasteiger partial charge < -0.3 is 25.4 Å². The highest BCUT2D eigenvalue weighted by Gasteiger charge is 2.23. The maximum Gasteiger partial charge on any atom is 0.258 e. The van der Waals surface area contributed by atoms with E-state index in [1.807, 2.05) is 31.2 Å². The molecule has 26 heavy (non-hydrogen) atoms. The second-order valence-corrected chi connectivity index (χ2v) is 6.18. The van der Waals surface area contributed by atoms with Crippen LogP contribution in [-0.4, -0.2) is 51.3 Å². The van der Waals surface area contributed by atoms with Gasteiger partial charge in [0.2, 0.25) is 0 Å². The topological polar surface area (TPSA) is 84.0 Å². The van der Waals surface area contributed by atoms with Gasteiger partial charge in [-0.15, -0.1) is 0 Å². The van der Waals surface area contributed by atoms with Crippen molar-refractivity contribution >= 4 is 11.9 Å². The molecule has 144 valence electrons. The minimum absolute atomic E-state index is 0.0520. The molecule has 2 rings (SSSR count). The molecule has 0 aliphatic heterocycles. The summed E-state index contributed by atoms with van der Waals surface area (Å²) >= 11 is 0. The fraction of sp³-hybridized carbons (Fsp3) is 0.579. The molecule has 0 heterocycles. The SMILES string of the molecule is CCOCCCNC(=NC)NCc1cccc(OCC(=O)NC2CC2)c1. The van der Waals surface area contributed by atoms with Crippen molar-refractivity contribution in [1.82, 2.24) is 16.0 Å². The van der Waals surface area contributed by atoms with E-state index in [-0.39, 0.29) is 12.5 Å². The Bertz CT molecular complexity index is 588. The molecule has 1 saturated carbocycles.